The molecule has 1 aromatic carbocycles. The van der Waals surface area contributed by atoms with E-state index in [4.69, 9.17) is 0 Å². The largest absolute Gasteiger partial charge is 0.355 e. The van der Waals surface area contributed by atoms with Crippen LogP contribution in [0.1, 0.15) is 77.8 Å². The van der Waals surface area contributed by atoms with E-state index in [0.29, 0.717) is 12.5 Å². The van der Waals surface area contributed by atoms with Crippen LogP contribution in [0.25, 0.3) is 0 Å². The Morgan fingerprint density at radius 2 is 1.52 bits per heavy atom. The second kappa shape index (κ2) is 9.59. The smallest absolute Gasteiger partial charge is 0.240 e. The number of hydrogen-bond acceptors (Lipinski definition) is 2. The molecule has 0 spiro atoms. The van der Waals surface area contributed by atoms with Crippen molar-refractivity contribution in [3.8, 4) is 0 Å². The first-order valence-corrected chi connectivity index (χ1v) is 9.32. The van der Waals surface area contributed by atoms with E-state index < -0.39 is 0 Å². The standard InChI is InChI=1S/C21H34N2O2/c1-14(2)11-12-22-20(25)13-23(17(7)24)21-18(15(3)4)9-8-10-19(21)16(5)6/h8-10,14-16H,11-13H2,1-7H3,(H,22,25). The highest BCUT2D eigenvalue weighted by Crippen LogP contribution is 2.35. The van der Waals surface area contributed by atoms with Gasteiger partial charge in [0.05, 0.1) is 5.69 Å². The van der Waals surface area contributed by atoms with Gasteiger partial charge < -0.3 is 10.2 Å². The van der Waals surface area contributed by atoms with Crippen molar-refractivity contribution in [1.29, 1.82) is 0 Å². The first-order chi connectivity index (χ1) is 11.6. The van der Waals surface area contributed by atoms with Gasteiger partial charge in [0, 0.05) is 13.5 Å². The van der Waals surface area contributed by atoms with E-state index in [2.05, 4.69) is 59.0 Å². The summed E-state index contributed by atoms with van der Waals surface area (Å²) in [6.07, 6.45) is 0.936. The van der Waals surface area contributed by atoms with Crippen LogP contribution >= 0.6 is 0 Å². The number of anilines is 1. The van der Waals surface area contributed by atoms with Crippen molar-refractivity contribution in [2.75, 3.05) is 18.0 Å². The molecule has 0 fully saturated rings. The lowest BCUT2D eigenvalue weighted by Gasteiger charge is -2.29. The zero-order valence-corrected chi connectivity index (χ0v) is 16.8. The summed E-state index contributed by atoms with van der Waals surface area (Å²) in [7, 11) is 0. The molecule has 0 unspecified atom stereocenters. The van der Waals surface area contributed by atoms with Gasteiger partial charge in [0.2, 0.25) is 11.8 Å². The summed E-state index contributed by atoms with van der Waals surface area (Å²) in [6, 6.07) is 6.15. The normalized spacial score (nSPS) is 11.3. The molecule has 0 aliphatic heterocycles. The Labute approximate surface area is 153 Å². The van der Waals surface area contributed by atoms with Crippen LogP contribution in [0.4, 0.5) is 5.69 Å². The van der Waals surface area contributed by atoms with Gasteiger partial charge in [0.25, 0.3) is 0 Å². The van der Waals surface area contributed by atoms with E-state index in [1.807, 2.05) is 6.07 Å². The summed E-state index contributed by atoms with van der Waals surface area (Å²) in [4.78, 5) is 26.4. The van der Waals surface area contributed by atoms with Crippen molar-refractivity contribution < 1.29 is 9.59 Å². The van der Waals surface area contributed by atoms with Crippen molar-refractivity contribution in [3.63, 3.8) is 0 Å². The number of para-hydroxylation sites is 1. The summed E-state index contributed by atoms with van der Waals surface area (Å²) in [6.45, 7) is 15.0. The Kier molecular flexibility index (Phi) is 8.14. The second-order valence-electron chi connectivity index (χ2n) is 7.73. The van der Waals surface area contributed by atoms with Gasteiger partial charge in [-0.1, -0.05) is 59.7 Å². The summed E-state index contributed by atoms with van der Waals surface area (Å²) in [5.41, 5.74) is 3.12. The Hall–Kier alpha value is -1.84. The van der Waals surface area contributed by atoms with Crippen LogP contribution in [0, 0.1) is 5.92 Å². The molecule has 25 heavy (non-hydrogen) atoms. The fourth-order valence-electron chi connectivity index (χ4n) is 2.87. The molecule has 1 N–H and O–H groups in total. The molecule has 4 nitrogen and oxygen atoms in total. The number of nitrogens with one attached hydrogen (secondary N) is 1. The first kappa shape index (κ1) is 21.2. The molecule has 2 amide bonds. The summed E-state index contributed by atoms with van der Waals surface area (Å²) in [5.74, 6) is 0.885. The Balaban J connectivity index is 3.14. The Morgan fingerprint density at radius 1 is 1.00 bits per heavy atom. The van der Waals surface area contributed by atoms with E-state index in [9.17, 15) is 9.59 Å². The highest BCUT2D eigenvalue weighted by atomic mass is 16.2. The van der Waals surface area contributed by atoms with Gasteiger partial charge >= 0.3 is 0 Å². The van der Waals surface area contributed by atoms with Gasteiger partial charge in [-0.25, -0.2) is 0 Å². The number of benzene rings is 1. The minimum Gasteiger partial charge on any atom is -0.355 e. The fourth-order valence-corrected chi connectivity index (χ4v) is 2.87. The van der Waals surface area contributed by atoms with E-state index in [1.165, 1.54) is 6.92 Å². The maximum atomic E-state index is 12.4. The van der Waals surface area contributed by atoms with E-state index >= 15 is 0 Å². The molecule has 1 rings (SSSR count). The molecular formula is C21H34N2O2. The van der Waals surface area contributed by atoms with Gasteiger partial charge in [-0.3, -0.25) is 9.59 Å². The third kappa shape index (κ3) is 6.18. The number of hydrogen-bond donors (Lipinski definition) is 1. The summed E-state index contributed by atoms with van der Waals surface area (Å²) < 4.78 is 0. The molecule has 0 aliphatic carbocycles. The van der Waals surface area contributed by atoms with Crippen LogP contribution in [-0.4, -0.2) is 24.9 Å². The third-order valence-electron chi connectivity index (χ3n) is 4.34. The number of carbonyl (C=O) groups excluding carboxylic acids is 2. The summed E-state index contributed by atoms with van der Waals surface area (Å²) in [5, 5.41) is 2.93. The van der Waals surface area contributed by atoms with Crippen molar-refractivity contribution in [2.45, 2.75) is 66.7 Å². The van der Waals surface area contributed by atoms with Gasteiger partial charge in [0.1, 0.15) is 6.54 Å². The fraction of sp³-hybridized carbons (Fsp3) is 0.619. The van der Waals surface area contributed by atoms with Crippen molar-refractivity contribution in [3.05, 3.63) is 29.3 Å². The van der Waals surface area contributed by atoms with E-state index in [0.717, 1.165) is 23.2 Å². The molecule has 1 aromatic rings. The Morgan fingerprint density at radius 3 is 1.92 bits per heavy atom. The van der Waals surface area contributed by atoms with Crippen molar-refractivity contribution >= 4 is 17.5 Å². The zero-order chi connectivity index (χ0) is 19.1. The molecule has 0 saturated carbocycles. The summed E-state index contributed by atoms with van der Waals surface area (Å²) >= 11 is 0. The monoisotopic (exact) mass is 346 g/mol. The lowest BCUT2D eigenvalue weighted by Crippen LogP contribution is -2.41. The number of carbonyl (C=O) groups is 2. The number of amides is 2. The van der Waals surface area contributed by atoms with Gasteiger partial charge in [-0.05, 0) is 35.3 Å². The van der Waals surface area contributed by atoms with Crippen molar-refractivity contribution in [1.82, 2.24) is 5.32 Å². The maximum Gasteiger partial charge on any atom is 0.240 e. The molecule has 0 aliphatic rings. The second-order valence-corrected chi connectivity index (χ2v) is 7.73. The highest BCUT2D eigenvalue weighted by molar-refractivity contribution is 5.99. The zero-order valence-electron chi connectivity index (χ0n) is 16.8. The van der Waals surface area contributed by atoms with Gasteiger partial charge in [0.15, 0.2) is 0 Å². The number of nitrogens with zero attached hydrogens (tertiary/aromatic N) is 1. The van der Waals surface area contributed by atoms with Crippen LogP contribution < -0.4 is 10.2 Å². The maximum absolute atomic E-state index is 12.4. The van der Waals surface area contributed by atoms with Crippen LogP contribution in [0.5, 0.6) is 0 Å². The molecule has 0 heterocycles. The average molecular weight is 347 g/mol. The van der Waals surface area contributed by atoms with E-state index in [-0.39, 0.29) is 30.2 Å². The molecule has 0 atom stereocenters. The van der Waals surface area contributed by atoms with Crippen LogP contribution in [0.15, 0.2) is 18.2 Å². The minimum atomic E-state index is -0.107. The van der Waals surface area contributed by atoms with Crippen molar-refractivity contribution in [2.24, 2.45) is 5.92 Å². The SMILES string of the molecule is CC(=O)N(CC(=O)NCCC(C)C)c1c(C(C)C)cccc1C(C)C. The van der Waals surface area contributed by atoms with Crippen LogP contribution in [0.3, 0.4) is 0 Å². The first-order valence-electron chi connectivity index (χ1n) is 9.32. The molecule has 0 saturated heterocycles. The predicted octanol–water partition coefficient (Wildman–Crippen LogP) is 4.45. The predicted molar refractivity (Wildman–Crippen MR) is 105 cm³/mol. The molecule has 0 aromatic heterocycles. The minimum absolute atomic E-state index is 0.0664. The molecule has 140 valence electrons. The lowest BCUT2D eigenvalue weighted by atomic mass is 9.91. The molecular weight excluding hydrogens is 312 g/mol. The molecule has 4 heteroatoms. The van der Waals surface area contributed by atoms with Crippen LogP contribution in [0.2, 0.25) is 0 Å². The van der Waals surface area contributed by atoms with Gasteiger partial charge in [-0.2, -0.15) is 0 Å². The highest BCUT2D eigenvalue weighted by Gasteiger charge is 2.23. The quantitative estimate of drug-likeness (QED) is 0.756. The van der Waals surface area contributed by atoms with E-state index in [1.54, 1.807) is 4.90 Å². The molecule has 0 radical (unpaired) electrons. The van der Waals surface area contributed by atoms with Gasteiger partial charge in [-0.15, -0.1) is 0 Å². The number of rotatable bonds is 8. The topological polar surface area (TPSA) is 49.4 Å². The molecule has 0 bridgehead atoms. The van der Waals surface area contributed by atoms with Crippen LogP contribution in [-0.2, 0) is 9.59 Å². The third-order valence-corrected chi connectivity index (χ3v) is 4.34. The Bertz CT molecular complexity index is 565. The average Bonchev–Trinajstić information content (AvgIpc) is 2.51. The lowest BCUT2D eigenvalue weighted by molar-refractivity contribution is -0.123.